The number of amides is 1. The largest absolute Gasteiger partial charge is 0.468 e. The molecule has 2 rings (SSSR count). The van der Waals surface area contributed by atoms with E-state index in [0.717, 1.165) is 5.56 Å². The van der Waals surface area contributed by atoms with E-state index in [1.54, 1.807) is 30.2 Å². The second-order valence-electron chi connectivity index (χ2n) is 17.8. The Balaban J connectivity index is 2.43. The van der Waals surface area contributed by atoms with Gasteiger partial charge in [0.2, 0.25) is 5.91 Å². The zero-order chi connectivity index (χ0) is 45.0. The fourth-order valence-electron chi connectivity index (χ4n) is 8.78. The lowest BCUT2D eigenvalue weighted by Crippen LogP contribution is -2.51. The summed E-state index contributed by atoms with van der Waals surface area (Å²) in [6.45, 7) is 38.8. The van der Waals surface area contributed by atoms with Gasteiger partial charge >= 0.3 is 0 Å². The molecule has 60 heavy (non-hydrogen) atoms. The molecule has 0 unspecified atom stereocenters. The summed E-state index contributed by atoms with van der Waals surface area (Å²) in [4.78, 5) is 16.3. The maximum atomic E-state index is 14.7. The van der Waals surface area contributed by atoms with E-state index in [1.165, 1.54) is 0 Å². The first kappa shape index (κ1) is 53.4. The van der Waals surface area contributed by atoms with Crippen molar-refractivity contribution < 1.29 is 38.0 Å². The first-order valence-electron chi connectivity index (χ1n) is 21.8. The molecule has 1 N–H and O–H groups in total. The van der Waals surface area contributed by atoms with Crippen LogP contribution >= 0.6 is 12.2 Å². The highest BCUT2D eigenvalue weighted by molar-refractivity contribution is 7.80. The topological polar surface area (TPSA) is 95.9 Å². The van der Waals surface area contributed by atoms with Crippen LogP contribution in [0.5, 0.6) is 0 Å². The van der Waals surface area contributed by atoms with Crippen molar-refractivity contribution >= 4 is 31.6 Å². The summed E-state index contributed by atoms with van der Waals surface area (Å²) >= 11 is 5.62. The van der Waals surface area contributed by atoms with Gasteiger partial charge < -0.3 is 33.2 Å². The number of aliphatic hydroxyl groups excluding tert-OH is 1. The van der Waals surface area contributed by atoms with Gasteiger partial charge in [-0.2, -0.15) is 0 Å². The van der Waals surface area contributed by atoms with E-state index in [1.807, 2.05) is 42.5 Å². The fraction of sp³-hybridized carbons (Fsp3) is 0.633. The van der Waals surface area contributed by atoms with Crippen LogP contribution in [0.3, 0.4) is 0 Å². The predicted octanol–water partition coefficient (Wildman–Crippen LogP) is 10.7. The Bertz CT molecular complexity index is 1460. The van der Waals surface area contributed by atoms with Crippen LogP contribution in [0.25, 0.3) is 0 Å². The van der Waals surface area contributed by atoms with Crippen molar-refractivity contribution in [3.05, 3.63) is 99.2 Å². The number of aliphatic hydroxyl groups is 1. The molecule has 1 amide bonds. The summed E-state index contributed by atoms with van der Waals surface area (Å²) in [5.74, 6) is -1.17. The summed E-state index contributed by atoms with van der Waals surface area (Å²) in [7, 11) is -0.579. The van der Waals surface area contributed by atoms with E-state index < -0.39 is 38.0 Å². The molecule has 1 fully saturated rings. The second-order valence-corrected chi connectivity index (χ2v) is 23.6. The van der Waals surface area contributed by atoms with Crippen LogP contribution in [0, 0.1) is 11.3 Å². The van der Waals surface area contributed by atoms with Gasteiger partial charge in [0.05, 0.1) is 48.6 Å². The van der Waals surface area contributed by atoms with E-state index in [9.17, 15) is 9.90 Å². The fourth-order valence-corrected chi connectivity index (χ4v) is 14.7. The standard InChI is InChI=1S/C49H79NO8SSi/c1-15-23-40(17-3)57-41(18-4)27-28-44(47(52)50-39(32-54-48(50)59)29-38-25-21-20-22-26-38)45(51)31-43(55-34-53-14)30-42(24-16-2)58-46(19-5)49(12,13)33-56-60(35(6)7,36(8)9)37(10)11/h15-22,25-26,35-37,39-46,51H,1-5,23-24,27-34H2,6-14H3/t39-,40-,41-,42-,43-,44-,45+,46+/m0/s1. The van der Waals surface area contributed by atoms with Crippen molar-refractivity contribution in [1.82, 2.24) is 4.90 Å². The average Bonchev–Trinajstić information content (AvgIpc) is 3.56. The Labute approximate surface area is 370 Å². The monoisotopic (exact) mass is 870 g/mol. The third-order valence-corrected chi connectivity index (χ3v) is 18.3. The van der Waals surface area contributed by atoms with Crippen molar-refractivity contribution in [2.75, 3.05) is 27.1 Å². The summed E-state index contributed by atoms with van der Waals surface area (Å²) in [6, 6.07) is 9.60. The highest BCUT2D eigenvalue weighted by Crippen LogP contribution is 2.44. The molecule has 1 aromatic rings. The number of hydrogen-bond donors (Lipinski definition) is 1. The molecule has 1 heterocycles. The van der Waals surface area contributed by atoms with Gasteiger partial charge in [-0.05, 0) is 66.5 Å². The smallest absolute Gasteiger partial charge is 0.266 e. The number of carbonyl (C=O) groups is 1. The number of hydrogen-bond acceptors (Lipinski definition) is 9. The number of methoxy groups -OCH3 is 1. The van der Waals surface area contributed by atoms with Gasteiger partial charge in [-0.3, -0.25) is 9.69 Å². The molecule has 8 atom stereocenters. The Morgan fingerprint density at radius 2 is 1.52 bits per heavy atom. The normalized spacial score (nSPS) is 18.4. The highest BCUT2D eigenvalue weighted by Gasteiger charge is 2.47. The van der Waals surface area contributed by atoms with E-state index >= 15 is 0 Å². The Kier molecular flexibility index (Phi) is 23.7. The van der Waals surface area contributed by atoms with Gasteiger partial charge in [0.25, 0.3) is 5.17 Å². The minimum Gasteiger partial charge on any atom is -0.468 e. The van der Waals surface area contributed by atoms with Crippen LogP contribution in [0.1, 0.15) is 99.5 Å². The van der Waals surface area contributed by atoms with Gasteiger partial charge in [0.1, 0.15) is 13.4 Å². The maximum Gasteiger partial charge on any atom is 0.266 e. The highest BCUT2D eigenvalue weighted by atomic mass is 32.1. The van der Waals surface area contributed by atoms with Crippen LogP contribution in [0.2, 0.25) is 16.6 Å². The van der Waals surface area contributed by atoms with Crippen LogP contribution in [-0.2, 0) is 39.3 Å². The molecule has 1 aliphatic rings. The lowest BCUT2D eigenvalue weighted by molar-refractivity contribution is -0.141. The van der Waals surface area contributed by atoms with Gasteiger partial charge in [-0.15, -0.1) is 32.9 Å². The van der Waals surface area contributed by atoms with Crippen molar-refractivity contribution in [2.45, 2.75) is 160 Å². The maximum absolute atomic E-state index is 14.7. The van der Waals surface area contributed by atoms with Gasteiger partial charge in [-0.25, -0.2) is 0 Å². The lowest BCUT2D eigenvalue weighted by Gasteiger charge is -2.45. The summed E-state index contributed by atoms with van der Waals surface area (Å²) in [5, 5.41) is 12.3. The van der Waals surface area contributed by atoms with E-state index in [0.29, 0.717) is 55.3 Å². The van der Waals surface area contributed by atoms with Gasteiger partial charge in [0, 0.05) is 32.0 Å². The molecule has 11 heteroatoms. The minimum atomic E-state index is -2.14. The summed E-state index contributed by atoms with van der Waals surface area (Å²) in [5.41, 5.74) is 2.00. The number of thiocarbonyl (C=S) groups is 1. The molecule has 0 saturated carbocycles. The number of ether oxygens (including phenoxy) is 5. The number of carbonyl (C=O) groups excluding carboxylic acids is 1. The van der Waals surface area contributed by atoms with E-state index in [4.69, 9.17) is 40.3 Å². The Hall–Kier alpha value is -2.74. The van der Waals surface area contributed by atoms with E-state index in [2.05, 4.69) is 88.3 Å². The van der Waals surface area contributed by atoms with Crippen molar-refractivity contribution in [1.29, 1.82) is 0 Å². The van der Waals surface area contributed by atoms with Crippen LogP contribution in [-0.4, -0.2) is 99.2 Å². The van der Waals surface area contributed by atoms with E-state index in [-0.39, 0.29) is 61.7 Å². The Morgan fingerprint density at radius 3 is 2.05 bits per heavy atom. The zero-order valence-electron chi connectivity index (χ0n) is 38.4. The summed E-state index contributed by atoms with van der Waals surface area (Å²) < 4.78 is 37.6. The van der Waals surface area contributed by atoms with Crippen LogP contribution in [0.4, 0.5) is 0 Å². The molecule has 0 bridgehead atoms. The molecule has 9 nitrogen and oxygen atoms in total. The molecule has 0 aromatic heterocycles. The molecule has 1 aromatic carbocycles. The SMILES string of the molecule is C=CC[C@@H](C[C@@H](C[C@@H](O)[C@H](CC[C@H](C=C)O[C@@H](C=C)CC=C)C(=O)N1C(=S)OC[C@@H]1Cc1ccccc1)OCOC)O[C@H](C=C)C(C)(C)CO[Si](C(C)C)(C(C)C)C(C)C. The zero-order valence-corrected chi connectivity index (χ0v) is 40.2. The van der Waals surface area contributed by atoms with Crippen molar-refractivity contribution in [3.63, 3.8) is 0 Å². The third-order valence-electron chi connectivity index (χ3n) is 11.9. The molecule has 1 aliphatic heterocycles. The van der Waals surface area contributed by atoms with Crippen molar-refractivity contribution in [2.24, 2.45) is 11.3 Å². The molecule has 338 valence electrons. The summed E-state index contributed by atoms with van der Waals surface area (Å²) in [6.07, 6.45) is 8.78. The molecule has 0 spiro atoms. The Morgan fingerprint density at radius 1 is 0.900 bits per heavy atom. The minimum absolute atomic E-state index is 0.00479. The second kappa shape index (κ2) is 26.7. The van der Waals surface area contributed by atoms with Gasteiger partial charge in [-0.1, -0.05) is 116 Å². The number of benzene rings is 1. The lowest BCUT2D eigenvalue weighted by atomic mass is 9.86. The van der Waals surface area contributed by atoms with Gasteiger partial charge in [0.15, 0.2) is 8.32 Å². The molecular formula is C49H79NO8SSi. The third kappa shape index (κ3) is 15.6. The molecule has 0 aliphatic carbocycles. The average molecular weight is 870 g/mol. The molecule has 1 saturated heterocycles. The number of rotatable bonds is 32. The number of nitrogens with zero attached hydrogens (tertiary/aromatic N) is 1. The van der Waals surface area contributed by atoms with Crippen LogP contribution in [0.15, 0.2) is 93.6 Å². The molecule has 0 radical (unpaired) electrons. The first-order chi connectivity index (χ1) is 28.4. The predicted molar refractivity (Wildman–Crippen MR) is 252 cm³/mol. The first-order valence-corrected chi connectivity index (χ1v) is 24.4. The molecular weight excluding hydrogens is 791 g/mol. The quantitative estimate of drug-likeness (QED) is 0.0329. The van der Waals surface area contributed by atoms with Crippen molar-refractivity contribution in [3.8, 4) is 0 Å². The van der Waals surface area contributed by atoms with Crippen LogP contribution < -0.4 is 0 Å².